The largest absolute Gasteiger partial charge is 0.325 e. The van der Waals surface area contributed by atoms with Crippen molar-refractivity contribution in [3.05, 3.63) is 29.6 Å². The maximum atomic E-state index is 5.52. The minimum Gasteiger partial charge on any atom is -0.325 e. The van der Waals surface area contributed by atoms with Crippen LogP contribution in [-0.2, 0) is 6.54 Å². The Bertz CT molecular complexity index is 266. The standard InChI is InChI=1S/C10H14N2/c11-7-9-5-2-6-10(12-9)8-3-1-4-8/h2,5-6,8H,1,3-4,7,11H2. The van der Waals surface area contributed by atoms with E-state index >= 15 is 0 Å². The fraction of sp³-hybridized carbons (Fsp3) is 0.500. The van der Waals surface area contributed by atoms with Gasteiger partial charge in [-0.3, -0.25) is 4.98 Å². The molecule has 0 aliphatic heterocycles. The van der Waals surface area contributed by atoms with E-state index in [1.807, 2.05) is 6.07 Å². The third kappa shape index (κ3) is 1.34. The first-order chi connectivity index (χ1) is 5.90. The first-order valence-electron chi connectivity index (χ1n) is 4.56. The van der Waals surface area contributed by atoms with Crippen molar-refractivity contribution < 1.29 is 0 Å². The van der Waals surface area contributed by atoms with Gasteiger partial charge < -0.3 is 5.73 Å². The van der Waals surface area contributed by atoms with Crippen LogP contribution in [0, 0.1) is 0 Å². The molecule has 2 rings (SSSR count). The Labute approximate surface area is 72.8 Å². The quantitative estimate of drug-likeness (QED) is 0.720. The maximum absolute atomic E-state index is 5.52. The number of rotatable bonds is 2. The third-order valence-corrected chi connectivity index (χ3v) is 2.56. The highest BCUT2D eigenvalue weighted by atomic mass is 14.8. The van der Waals surface area contributed by atoms with Crippen LogP contribution in [0.25, 0.3) is 0 Å². The van der Waals surface area contributed by atoms with Gasteiger partial charge in [-0.2, -0.15) is 0 Å². The van der Waals surface area contributed by atoms with Gasteiger partial charge in [0.15, 0.2) is 0 Å². The summed E-state index contributed by atoms with van der Waals surface area (Å²) in [6.45, 7) is 0.556. The van der Waals surface area contributed by atoms with Crippen molar-refractivity contribution in [2.24, 2.45) is 5.73 Å². The Morgan fingerprint density at radius 1 is 1.42 bits per heavy atom. The number of pyridine rings is 1. The van der Waals surface area contributed by atoms with E-state index in [0.717, 1.165) is 11.6 Å². The second-order valence-electron chi connectivity index (χ2n) is 3.39. The van der Waals surface area contributed by atoms with Crippen LogP contribution >= 0.6 is 0 Å². The van der Waals surface area contributed by atoms with Crippen molar-refractivity contribution >= 4 is 0 Å². The molecule has 1 aromatic heterocycles. The molecule has 1 fully saturated rings. The summed E-state index contributed by atoms with van der Waals surface area (Å²) in [5.74, 6) is 0.719. The Kier molecular flexibility index (Phi) is 2.09. The highest BCUT2D eigenvalue weighted by molar-refractivity contribution is 5.16. The van der Waals surface area contributed by atoms with Crippen LogP contribution < -0.4 is 5.73 Å². The lowest BCUT2D eigenvalue weighted by molar-refractivity contribution is 0.410. The van der Waals surface area contributed by atoms with Crippen LogP contribution in [0.3, 0.4) is 0 Å². The predicted octanol–water partition coefficient (Wildman–Crippen LogP) is 1.81. The molecule has 0 saturated heterocycles. The van der Waals surface area contributed by atoms with Crippen molar-refractivity contribution in [1.29, 1.82) is 0 Å². The van der Waals surface area contributed by atoms with Crippen molar-refractivity contribution in [3.8, 4) is 0 Å². The zero-order valence-electron chi connectivity index (χ0n) is 7.16. The predicted molar refractivity (Wildman–Crippen MR) is 48.7 cm³/mol. The number of aromatic nitrogens is 1. The van der Waals surface area contributed by atoms with Gasteiger partial charge in [0, 0.05) is 18.2 Å². The van der Waals surface area contributed by atoms with Crippen LogP contribution in [0.15, 0.2) is 18.2 Å². The number of nitrogens with zero attached hydrogens (tertiary/aromatic N) is 1. The molecule has 0 bridgehead atoms. The minimum atomic E-state index is 0.556. The molecule has 12 heavy (non-hydrogen) atoms. The highest BCUT2D eigenvalue weighted by Crippen LogP contribution is 2.34. The van der Waals surface area contributed by atoms with Gasteiger partial charge >= 0.3 is 0 Å². The van der Waals surface area contributed by atoms with E-state index in [1.165, 1.54) is 25.0 Å². The molecule has 2 N–H and O–H groups in total. The zero-order chi connectivity index (χ0) is 8.39. The summed E-state index contributed by atoms with van der Waals surface area (Å²) < 4.78 is 0. The molecule has 1 aliphatic carbocycles. The first kappa shape index (κ1) is 7.74. The summed E-state index contributed by atoms with van der Waals surface area (Å²) in [6.07, 6.45) is 3.97. The molecule has 2 nitrogen and oxygen atoms in total. The Morgan fingerprint density at radius 2 is 2.25 bits per heavy atom. The minimum absolute atomic E-state index is 0.556. The fourth-order valence-corrected chi connectivity index (χ4v) is 1.54. The Balaban J connectivity index is 2.19. The van der Waals surface area contributed by atoms with Crippen LogP contribution in [0.2, 0.25) is 0 Å². The second-order valence-corrected chi connectivity index (χ2v) is 3.39. The summed E-state index contributed by atoms with van der Waals surface area (Å²) in [4.78, 5) is 4.49. The molecule has 1 aliphatic rings. The highest BCUT2D eigenvalue weighted by Gasteiger charge is 2.20. The lowest BCUT2D eigenvalue weighted by Crippen LogP contribution is -2.12. The fourth-order valence-electron chi connectivity index (χ4n) is 1.54. The molecule has 0 spiro atoms. The third-order valence-electron chi connectivity index (χ3n) is 2.56. The van der Waals surface area contributed by atoms with Gasteiger partial charge in [0.2, 0.25) is 0 Å². The molecule has 0 atom stereocenters. The monoisotopic (exact) mass is 162 g/mol. The van der Waals surface area contributed by atoms with Gasteiger partial charge in [-0.25, -0.2) is 0 Å². The van der Waals surface area contributed by atoms with E-state index < -0.39 is 0 Å². The van der Waals surface area contributed by atoms with E-state index in [4.69, 9.17) is 5.73 Å². The van der Waals surface area contributed by atoms with Crippen LogP contribution in [0.5, 0.6) is 0 Å². The zero-order valence-corrected chi connectivity index (χ0v) is 7.16. The van der Waals surface area contributed by atoms with Crippen LogP contribution in [0.1, 0.15) is 36.6 Å². The molecule has 0 radical (unpaired) electrons. The van der Waals surface area contributed by atoms with Crippen molar-refractivity contribution in [2.75, 3.05) is 0 Å². The SMILES string of the molecule is NCc1cccc(C2CCC2)n1. The van der Waals surface area contributed by atoms with E-state index in [-0.39, 0.29) is 0 Å². The molecular weight excluding hydrogens is 148 g/mol. The van der Waals surface area contributed by atoms with Crippen molar-refractivity contribution in [2.45, 2.75) is 31.7 Å². The summed E-state index contributed by atoms with van der Waals surface area (Å²) in [5, 5.41) is 0. The molecule has 0 aromatic carbocycles. The summed E-state index contributed by atoms with van der Waals surface area (Å²) in [5.41, 5.74) is 7.77. The van der Waals surface area contributed by atoms with E-state index in [9.17, 15) is 0 Å². The van der Waals surface area contributed by atoms with Gasteiger partial charge in [-0.05, 0) is 25.0 Å². The Morgan fingerprint density at radius 3 is 2.83 bits per heavy atom. The topological polar surface area (TPSA) is 38.9 Å². The summed E-state index contributed by atoms with van der Waals surface area (Å²) in [6, 6.07) is 6.16. The molecule has 1 saturated carbocycles. The van der Waals surface area contributed by atoms with E-state index in [2.05, 4.69) is 17.1 Å². The summed E-state index contributed by atoms with van der Waals surface area (Å²) >= 11 is 0. The Hall–Kier alpha value is -0.890. The molecular formula is C10H14N2. The van der Waals surface area contributed by atoms with E-state index in [0.29, 0.717) is 6.54 Å². The first-order valence-corrected chi connectivity index (χ1v) is 4.56. The lowest BCUT2D eigenvalue weighted by atomic mass is 9.82. The smallest absolute Gasteiger partial charge is 0.0542 e. The number of nitrogens with two attached hydrogens (primary N) is 1. The maximum Gasteiger partial charge on any atom is 0.0542 e. The second kappa shape index (κ2) is 3.23. The lowest BCUT2D eigenvalue weighted by Gasteiger charge is -2.24. The van der Waals surface area contributed by atoms with Gasteiger partial charge in [-0.1, -0.05) is 12.5 Å². The van der Waals surface area contributed by atoms with Gasteiger partial charge in [0.05, 0.1) is 5.69 Å². The van der Waals surface area contributed by atoms with Gasteiger partial charge in [0.1, 0.15) is 0 Å². The van der Waals surface area contributed by atoms with E-state index in [1.54, 1.807) is 0 Å². The molecule has 1 heterocycles. The molecule has 1 aromatic rings. The van der Waals surface area contributed by atoms with Crippen molar-refractivity contribution in [1.82, 2.24) is 4.98 Å². The number of hydrogen-bond donors (Lipinski definition) is 1. The summed E-state index contributed by atoms with van der Waals surface area (Å²) in [7, 11) is 0. The average molecular weight is 162 g/mol. The molecule has 64 valence electrons. The number of hydrogen-bond acceptors (Lipinski definition) is 2. The van der Waals surface area contributed by atoms with Gasteiger partial charge in [-0.15, -0.1) is 0 Å². The molecule has 2 heteroatoms. The van der Waals surface area contributed by atoms with Gasteiger partial charge in [0.25, 0.3) is 0 Å². The van der Waals surface area contributed by atoms with Crippen molar-refractivity contribution in [3.63, 3.8) is 0 Å². The van der Waals surface area contributed by atoms with Crippen LogP contribution in [0.4, 0.5) is 0 Å². The normalized spacial score (nSPS) is 17.4. The molecule has 0 amide bonds. The average Bonchev–Trinajstić information content (AvgIpc) is 2.02. The van der Waals surface area contributed by atoms with Crippen LogP contribution in [-0.4, -0.2) is 4.98 Å². The molecule has 0 unspecified atom stereocenters.